The number of esters is 1. The summed E-state index contributed by atoms with van der Waals surface area (Å²) in [5, 5.41) is 3.48. The van der Waals surface area contributed by atoms with Gasteiger partial charge >= 0.3 is 5.97 Å². The van der Waals surface area contributed by atoms with E-state index in [2.05, 4.69) is 21.2 Å². The second-order valence-corrected chi connectivity index (χ2v) is 8.35. The van der Waals surface area contributed by atoms with E-state index in [1.54, 1.807) is 30.3 Å². The van der Waals surface area contributed by atoms with E-state index in [-0.39, 0.29) is 18.9 Å². The third-order valence-corrected chi connectivity index (χ3v) is 5.69. The number of rotatable bonds is 5. The van der Waals surface area contributed by atoms with Gasteiger partial charge in [-0.3, -0.25) is 14.4 Å². The Balaban J connectivity index is 1.55. The van der Waals surface area contributed by atoms with Crippen molar-refractivity contribution in [3.05, 3.63) is 56.5 Å². The molecule has 6 nitrogen and oxygen atoms in total. The lowest BCUT2D eigenvalue weighted by Gasteiger charge is -2.17. The summed E-state index contributed by atoms with van der Waals surface area (Å²) in [4.78, 5) is 38.2. The first-order valence-electron chi connectivity index (χ1n) is 8.72. The largest absolute Gasteiger partial charge is 0.455 e. The SMILES string of the molecule is Cc1ccc(N2C[C@H](C(=O)OCC(=O)Nc3ccc(Br)cc3Cl)CC2=O)cc1Cl. The summed E-state index contributed by atoms with van der Waals surface area (Å²) >= 11 is 15.4. The molecular formula is C20H17BrCl2N2O4. The summed E-state index contributed by atoms with van der Waals surface area (Å²) in [5.41, 5.74) is 1.94. The van der Waals surface area contributed by atoms with Crippen LogP contribution in [0.2, 0.25) is 10.0 Å². The van der Waals surface area contributed by atoms with Crippen molar-refractivity contribution in [1.29, 1.82) is 0 Å². The van der Waals surface area contributed by atoms with E-state index < -0.39 is 24.4 Å². The number of carbonyl (C=O) groups is 3. The predicted octanol–water partition coefficient (Wildman–Crippen LogP) is 4.60. The second-order valence-electron chi connectivity index (χ2n) is 6.62. The third-order valence-electron chi connectivity index (χ3n) is 4.48. The molecule has 3 rings (SSSR count). The molecule has 1 atom stereocenters. The molecule has 0 spiro atoms. The average molecular weight is 500 g/mol. The molecule has 0 aliphatic carbocycles. The maximum atomic E-state index is 12.3. The molecular weight excluding hydrogens is 483 g/mol. The van der Waals surface area contributed by atoms with Gasteiger partial charge in [0.05, 0.1) is 16.6 Å². The van der Waals surface area contributed by atoms with Crippen molar-refractivity contribution in [3.8, 4) is 0 Å². The minimum absolute atomic E-state index is 0.0183. The van der Waals surface area contributed by atoms with Crippen molar-refractivity contribution in [2.24, 2.45) is 5.92 Å². The van der Waals surface area contributed by atoms with Gasteiger partial charge in [-0.1, -0.05) is 45.2 Å². The first-order chi connectivity index (χ1) is 13.7. The molecule has 0 saturated carbocycles. The van der Waals surface area contributed by atoms with Gasteiger partial charge < -0.3 is 15.0 Å². The fourth-order valence-electron chi connectivity index (χ4n) is 2.90. The molecule has 0 unspecified atom stereocenters. The molecule has 0 bridgehead atoms. The normalized spacial score (nSPS) is 16.1. The zero-order chi connectivity index (χ0) is 21.1. The van der Waals surface area contributed by atoms with E-state index in [4.69, 9.17) is 27.9 Å². The Labute approximate surface area is 186 Å². The molecule has 0 radical (unpaired) electrons. The maximum absolute atomic E-state index is 12.3. The molecule has 1 heterocycles. The van der Waals surface area contributed by atoms with Crippen LogP contribution < -0.4 is 10.2 Å². The summed E-state index contributed by atoms with van der Waals surface area (Å²) in [6, 6.07) is 10.3. The van der Waals surface area contributed by atoms with Gasteiger partial charge in [0.25, 0.3) is 5.91 Å². The maximum Gasteiger partial charge on any atom is 0.311 e. The number of amides is 2. The lowest BCUT2D eigenvalue weighted by Crippen LogP contribution is -2.28. The third kappa shape index (κ3) is 5.29. The zero-order valence-corrected chi connectivity index (χ0v) is 18.5. The molecule has 2 amide bonds. The second kappa shape index (κ2) is 9.15. The van der Waals surface area contributed by atoms with E-state index >= 15 is 0 Å². The Hall–Kier alpha value is -2.09. The van der Waals surface area contributed by atoms with E-state index in [0.29, 0.717) is 21.4 Å². The summed E-state index contributed by atoms with van der Waals surface area (Å²) in [6.07, 6.45) is 0.0183. The fraction of sp³-hybridized carbons (Fsp3) is 0.250. The van der Waals surface area contributed by atoms with E-state index in [9.17, 15) is 14.4 Å². The minimum Gasteiger partial charge on any atom is -0.455 e. The van der Waals surface area contributed by atoms with E-state index in [0.717, 1.165) is 10.0 Å². The number of hydrogen-bond donors (Lipinski definition) is 1. The molecule has 0 aromatic heterocycles. The number of aryl methyl sites for hydroxylation is 1. The molecule has 1 fully saturated rings. The number of anilines is 2. The Morgan fingerprint density at radius 2 is 1.97 bits per heavy atom. The molecule has 29 heavy (non-hydrogen) atoms. The van der Waals surface area contributed by atoms with E-state index in [1.165, 1.54) is 4.90 Å². The number of ether oxygens (including phenoxy) is 1. The van der Waals surface area contributed by atoms with Gasteiger partial charge in [-0.2, -0.15) is 0 Å². The van der Waals surface area contributed by atoms with Crippen molar-refractivity contribution < 1.29 is 19.1 Å². The smallest absolute Gasteiger partial charge is 0.311 e. The molecule has 9 heteroatoms. The quantitative estimate of drug-likeness (QED) is 0.610. The number of hydrogen-bond acceptors (Lipinski definition) is 4. The van der Waals surface area contributed by atoms with Crippen LogP contribution in [0, 0.1) is 12.8 Å². The summed E-state index contributed by atoms with van der Waals surface area (Å²) in [7, 11) is 0. The van der Waals surface area contributed by atoms with Crippen LogP contribution in [0.15, 0.2) is 40.9 Å². The lowest BCUT2D eigenvalue weighted by molar-refractivity contribution is -0.151. The molecule has 1 saturated heterocycles. The Kier molecular flexibility index (Phi) is 6.82. The summed E-state index contributed by atoms with van der Waals surface area (Å²) in [6.45, 7) is 1.58. The number of carbonyl (C=O) groups excluding carboxylic acids is 3. The number of nitrogens with zero attached hydrogens (tertiary/aromatic N) is 1. The number of halogens is 3. The monoisotopic (exact) mass is 498 g/mol. The average Bonchev–Trinajstić information content (AvgIpc) is 3.06. The van der Waals surface area contributed by atoms with Crippen LogP contribution in [0.1, 0.15) is 12.0 Å². The first kappa shape index (κ1) is 21.6. The van der Waals surface area contributed by atoms with Crippen LogP contribution in [0.25, 0.3) is 0 Å². The highest BCUT2D eigenvalue weighted by atomic mass is 79.9. The molecule has 1 N–H and O–H groups in total. The van der Waals surface area contributed by atoms with Crippen LogP contribution in [-0.2, 0) is 19.1 Å². The van der Waals surface area contributed by atoms with Crippen molar-refractivity contribution in [2.45, 2.75) is 13.3 Å². The highest BCUT2D eigenvalue weighted by Gasteiger charge is 2.36. The van der Waals surface area contributed by atoms with Gasteiger partial charge in [0.2, 0.25) is 5.91 Å². The lowest BCUT2D eigenvalue weighted by atomic mass is 10.1. The molecule has 2 aromatic rings. The highest BCUT2D eigenvalue weighted by molar-refractivity contribution is 9.10. The van der Waals surface area contributed by atoms with Crippen LogP contribution in [0.4, 0.5) is 11.4 Å². The van der Waals surface area contributed by atoms with Crippen molar-refractivity contribution in [3.63, 3.8) is 0 Å². The Morgan fingerprint density at radius 1 is 1.21 bits per heavy atom. The molecule has 2 aromatic carbocycles. The van der Waals surface area contributed by atoms with Crippen LogP contribution in [0.3, 0.4) is 0 Å². The van der Waals surface area contributed by atoms with Crippen molar-refractivity contribution in [1.82, 2.24) is 0 Å². The molecule has 1 aliphatic heterocycles. The minimum atomic E-state index is -0.647. The zero-order valence-electron chi connectivity index (χ0n) is 15.4. The van der Waals surface area contributed by atoms with Gasteiger partial charge in [0, 0.05) is 28.1 Å². The Morgan fingerprint density at radius 3 is 2.66 bits per heavy atom. The summed E-state index contributed by atoms with van der Waals surface area (Å²) < 4.78 is 5.87. The van der Waals surface area contributed by atoms with Gasteiger partial charge in [0.15, 0.2) is 6.61 Å². The van der Waals surface area contributed by atoms with Crippen LogP contribution >= 0.6 is 39.1 Å². The van der Waals surface area contributed by atoms with Crippen LogP contribution in [-0.4, -0.2) is 30.9 Å². The van der Waals surface area contributed by atoms with Gasteiger partial charge in [-0.05, 0) is 42.8 Å². The van der Waals surface area contributed by atoms with Gasteiger partial charge in [0.1, 0.15) is 0 Å². The van der Waals surface area contributed by atoms with Crippen LogP contribution in [0.5, 0.6) is 0 Å². The molecule has 152 valence electrons. The Bertz CT molecular complexity index is 983. The highest BCUT2D eigenvalue weighted by Crippen LogP contribution is 2.29. The topological polar surface area (TPSA) is 75.7 Å². The van der Waals surface area contributed by atoms with Gasteiger partial charge in [-0.25, -0.2) is 0 Å². The summed E-state index contributed by atoms with van der Waals surface area (Å²) in [5.74, 6) is -1.96. The number of nitrogens with one attached hydrogen (secondary N) is 1. The van der Waals surface area contributed by atoms with Crippen molar-refractivity contribution in [2.75, 3.05) is 23.4 Å². The predicted molar refractivity (Wildman–Crippen MR) is 115 cm³/mol. The number of benzene rings is 2. The first-order valence-corrected chi connectivity index (χ1v) is 10.3. The van der Waals surface area contributed by atoms with Gasteiger partial charge in [-0.15, -0.1) is 0 Å². The standard InChI is InChI=1S/C20H17BrCl2N2O4/c1-11-2-4-14(8-15(11)22)25-9-12(6-19(25)27)20(28)29-10-18(26)24-17-5-3-13(21)7-16(17)23/h2-5,7-8,12H,6,9-10H2,1H3,(H,24,26)/t12-/m1/s1. The van der Waals surface area contributed by atoms with Crippen molar-refractivity contribution >= 4 is 68.3 Å². The molecule has 1 aliphatic rings. The fourth-order valence-corrected chi connectivity index (χ4v) is 3.79. The van der Waals surface area contributed by atoms with E-state index in [1.807, 2.05) is 13.0 Å².